The summed E-state index contributed by atoms with van der Waals surface area (Å²) in [7, 11) is 0. The van der Waals surface area contributed by atoms with Gasteiger partial charge in [-0.05, 0) is 32.6 Å². The van der Waals surface area contributed by atoms with Crippen molar-refractivity contribution >= 4 is 17.2 Å². The third kappa shape index (κ3) is 2.97. The fourth-order valence-electron chi connectivity index (χ4n) is 3.83. The van der Waals surface area contributed by atoms with E-state index < -0.39 is 0 Å². The maximum atomic E-state index is 12.8. The molecule has 0 aromatic carbocycles. The predicted octanol–water partition coefficient (Wildman–Crippen LogP) is 2.68. The van der Waals surface area contributed by atoms with Gasteiger partial charge in [-0.15, -0.1) is 21.5 Å². The molecule has 2 aliphatic heterocycles. The first-order valence-electron chi connectivity index (χ1n) is 8.85. The van der Waals surface area contributed by atoms with Gasteiger partial charge in [0.2, 0.25) is 5.91 Å². The molecule has 2 aromatic rings. The fraction of sp³-hybridized carbons (Fsp3) is 0.647. The Balaban J connectivity index is 1.54. The zero-order valence-electron chi connectivity index (χ0n) is 14.1. The van der Waals surface area contributed by atoms with Crippen LogP contribution in [-0.2, 0) is 24.2 Å². The molecular weight excluding hydrogens is 322 g/mol. The lowest BCUT2D eigenvalue weighted by Crippen LogP contribution is -2.33. The van der Waals surface area contributed by atoms with Crippen LogP contribution in [0.4, 0.5) is 0 Å². The molecule has 0 bridgehead atoms. The van der Waals surface area contributed by atoms with E-state index >= 15 is 0 Å². The smallest absolute Gasteiger partial charge is 0.229 e. The summed E-state index contributed by atoms with van der Waals surface area (Å²) in [6.07, 6.45) is 7.03. The molecule has 1 saturated heterocycles. The highest BCUT2D eigenvalue weighted by Gasteiger charge is 2.34. The maximum Gasteiger partial charge on any atom is 0.229 e. The van der Waals surface area contributed by atoms with Crippen molar-refractivity contribution in [3.8, 4) is 0 Å². The minimum atomic E-state index is 0.0802. The number of hydrogen-bond acceptors (Lipinski definition) is 5. The number of rotatable bonds is 3. The lowest BCUT2D eigenvalue weighted by molar-refractivity contribution is -0.131. The zero-order valence-corrected chi connectivity index (χ0v) is 14.9. The third-order valence-corrected chi connectivity index (χ3v) is 5.83. The highest BCUT2D eigenvalue weighted by molar-refractivity contribution is 7.09. The predicted molar refractivity (Wildman–Crippen MR) is 91.8 cm³/mol. The van der Waals surface area contributed by atoms with E-state index in [1.165, 1.54) is 19.3 Å². The monoisotopic (exact) mass is 345 g/mol. The van der Waals surface area contributed by atoms with E-state index in [-0.39, 0.29) is 11.9 Å². The number of thiazole rings is 1. The number of carbonyl (C=O) groups excluding carboxylic acids is 1. The van der Waals surface area contributed by atoms with Gasteiger partial charge in [-0.25, -0.2) is 4.98 Å². The summed E-state index contributed by atoms with van der Waals surface area (Å²) in [6.45, 7) is 3.78. The molecule has 24 heavy (non-hydrogen) atoms. The van der Waals surface area contributed by atoms with Crippen LogP contribution in [0.15, 0.2) is 5.38 Å². The minimum absolute atomic E-state index is 0.0802. The van der Waals surface area contributed by atoms with E-state index in [0.717, 1.165) is 54.7 Å². The average Bonchev–Trinajstić information content (AvgIpc) is 3.24. The number of aryl methyl sites for hydroxylation is 2. The molecule has 1 fully saturated rings. The summed E-state index contributed by atoms with van der Waals surface area (Å²) >= 11 is 1.60. The Hall–Kier alpha value is -1.76. The van der Waals surface area contributed by atoms with Gasteiger partial charge in [-0.1, -0.05) is 6.42 Å². The van der Waals surface area contributed by atoms with E-state index in [2.05, 4.69) is 19.7 Å². The molecule has 0 saturated carbocycles. The van der Waals surface area contributed by atoms with E-state index in [1.807, 2.05) is 17.2 Å². The summed E-state index contributed by atoms with van der Waals surface area (Å²) in [5.41, 5.74) is 0.883. The topological polar surface area (TPSA) is 63.9 Å². The first kappa shape index (κ1) is 15.7. The number of carbonyl (C=O) groups is 1. The fourth-order valence-corrected chi connectivity index (χ4v) is 4.45. The average molecular weight is 345 g/mol. The molecule has 0 aliphatic carbocycles. The molecule has 7 heteroatoms. The van der Waals surface area contributed by atoms with Crippen LogP contribution in [0, 0.1) is 6.92 Å². The summed E-state index contributed by atoms with van der Waals surface area (Å²) in [6, 6.07) is 0.0802. The largest absolute Gasteiger partial charge is 0.332 e. The first-order chi connectivity index (χ1) is 11.7. The molecule has 0 radical (unpaired) electrons. The van der Waals surface area contributed by atoms with Crippen LogP contribution >= 0.6 is 11.3 Å². The standard InChI is InChI=1S/C17H23N5OS/c1-12-18-13(11-24-12)10-16(23)21-9-5-6-14(21)17-20-19-15-7-3-2-4-8-22(15)17/h11,14H,2-10H2,1H3. The van der Waals surface area contributed by atoms with Gasteiger partial charge in [0.1, 0.15) is 5.82 Å². The van der Waals surface area contributed by atoms with Crippen LogP contribution in [0.3, 0.4) is 0 Å². The van der Waals surface area contributed by atoms with Crippen LogP contribution in [0.1, 0.15) is 60.5 Å². The molecular formula is C17H23N5OS. The van der Waals surface area contributed by atoms with Gasteiger partial charge in [0, 0.05) is 24.9 Å². The van der Waals surface area contributed by atoms with E-state index in [4.69, 9.17) is 0 Å². The van der Waals surface area contributed by atoms with Gasteiger partial charge in [0.25, 0.3) is 0 Å². The van der Waals surface area contributed by atoms with Crippen LogP contribution in [0.2, 0.25) is 0 Å². The van der Waals surface area contributed by atoms with Crippen LogP contribution < -0.4 is 0 Å². The Morgan fingerprint density at radius 3 is 3.00 bits per heavy atom. The second kappa shape index (κ2) is 6.63. The molecule has 128 valence electrons. The second-order valence-corrected chi connectivity index (χ2v) is 7.78. The SMILES string of the molecule is Cc1nc(CC(=O)N2CCCC2c2nnc3n2CCCCC3)cs1. The lowest BCUT2D eigenvalue weighted by Gasteiger charge is -2.24. The highest BCUT2D eigenvalue weighted by Crippen LogP contribution is 2.32. The van der Waals surface area contributed by atoms with Crippen molar-refractivity contribution in [2.24, 2.45) is 0 Å². The number of likely N-dealkylation sites (tertiary alicyclic amines) is 1. The highest BCUT2D eigenvalue weighted by atomic mass is 32.1. The molecule has 0 spiro atoms. The van der Waals surface area contributed by atoms with Gasteiger partial charge in [0.05, 0.1) is 23.2 Å². The van der Waals surface area contributed by atoms with Gasteiger partial charge in [0.15, 0.2) is 5.82 Å². The first-order valence-corrected chi connectivity index (χ1v) is 9.73. The van der Waals surface area contributed by atoms with Crippen molar-refractivity contribution in [2.75, 3.05) is 6.54 Å². The molecule has 4 rings (SSSR count). The molecule has 1 atom stereocenters. The van der Waals surface area contributed by atoms with Crippen molar-refractivity contribution in [3.05, 3.63) is 27.7 Å². The van der Waals surface area contributed by atoms with Gasteiger partial charge in [-0.3, -0.25) is 4.79 Å². The van der Waals surface area contributed by atoms with E-state index in [1.54, 1.807) is 11.3 Å². The molecule has 4 heterocycles. The molecule has 1 amide bonds. The van der Waals surface area contributed by atoms with Crippen molar-refractivity contribution in [1.82, 2.24) is 24.6 Å². The van der Waals surface area contributed by atoms with Crippen LogP contribution in [0.25, 0.3) is 0 Å². The van der Waals surface area contributed by atoms with Crippen LogP contribution in [-0.4, -0.2) is 37.1 Å². The summed E-state index contributed by atoms with van der Waals surface area (Å²) in [4.78, 5) is 19.2. The lowest BCUT2D eigenvalue weighted by atomic mass is 10.2. The Morgan fingerprint density at radius 1 is 1.25 bits per heavy atom. The van der Waals surface area contributed by atoms with Crippen molar-refractivity contribution in [2.45, 2.75) is 64.5 Å². The molecule has 0 N–H and O–H groups in total. The molecule has 6 nitrogen and oxygen atoms in total. The molecule has 2 aliphatic rings. The number of hydrogen-bond donors (Lipinski definition) is 0. The maximum absolute atomic E-state index is 12.8. The third-order valence-electron chi connectivity index (χ3n) is 5.01. The van der Waals surface area contributed by atoms with Crippen molar-refractivity contribution in [3.63, 3.8) is 0 Å². The number of nitrogens with zero attached hydrogens (tertiary/aromatic N) is 5. The van der Waals surface area contributed by atoms with Crippen molar-refractivity contribution in [1.29, 1.82) is 0 Å². The van der Waals surface area contributed by atoms with Crippen LogP contribution in [0.5, 0.6) is 0 Å². The Labute approximate surface area is 145 Å². The summed E-state index contributed by atoms with van der Waals surface area (Å²) < 4.78 is 2.27. The Bertz CT molecular complexity index is 737. The normalized spacial score (nSPS) is 20.9. The summed E-state index contributed by atoms with van der Waals surface area (Å²) in [5.74, 6) is 2.25. The Morgan fingerprint density at radius 2 is 2.17 bits per heavy atom. The summed E-state index contributed by atoms with van der Waals surface area (Å²) in [5, 5.41) is 11.9. The zero-order chi connectivity index (χ0) is 16.5. The van der Waals surface area contributed by atoms with Gasteiger partial charge >= 0.3 is 0 Å². The van der Waals surface area contributed by atoms with Gasteiger partial charge in [-0.2, -0.15) is 0 Å². The number of amides is 1. The van der Waals surface area contributed by atoms with Gasteiger partial charge < -0.3 is 9.47 Å². The molecule has 1 unspecified atom stereocenters. The molecule has 2 aromatic heterocycles. The second-order valence-electron chi connectivity index (χ2n) is 6.72. The number of aromatic nitrogens is 4. The quantitative estimate of drug-likeness (QED) is 0.858. The van der Waals surface area contributed by atoms with Crippen molar-refractivity contribution < 1.29 is 4.79 Å². The van der Waals surface area contributed by atoms with E-state index in [9.17, 15) is 4.79 Å². The van der Waals surface area contributed by atoms with E-state index in [0.29, 0.717) is 6.42 Å². The minimum Gasteiger partial charge on any atom is -0.332 e. The Kier molecular flexibility index (Phi) is 4.35. The number of fused-ring (bicyclic) bond motifs is 1.